The van der Waals surface area contributed by atoms with Gasteiger partial charge in [-0.3, -0.25) is 9.59 Å². The maximum atomic E-state index is 12.6. The van der Waals surface area contributed by atoms with Gasteiger partial charge in [0.25, 0.3) is 0 Å². The van der Waals surface area contributed by atoms with Crippen LogP contribution in [0.5, 0.6) is 0 Å². The highest BCUT2D eigenvalue weighted by Crippen LogP contribution is 2.29. The summed E-state index contributed by atoms with van der Waals surface area (Å²) >= 11 is 0. The van der Waals surface area contributed by atoms with Crippen molar-refractivity contribution in [1.29, 1.82) is 0 Å². The van der Waals surface area contributed by atoms with Crippen LogP contribution < -0.4 is 0 Å². The molecule has 22 heavy (non-hydrogen) atoms. The number of nitrogens with zero attached hydrogens (tertiary/aromatic N) is 1. The van der Waals surface area contributed by atoms with Gasteiger partial charge in [0.2, 0.25) is 0 Å². The van der Waals surface area contributed by atoms with Gasteiger partial charge >= 0.3 is 0 Å². The Morgan fingerprint density at radius 2 is 1.50 bits per heavy atom. The number of hydrogen-bond donors (Lipinski definition) is 0. The first-order valence-corrected chi connectivity index (χ1v) is 7.16. The third kappa shape index (κ3) is 2.33. The summed E-state index contributed by atoms with van der Waals surface area (Å²) in [5.74, 6) is -1.36. The lowest BCUT2D eigenvalue weighted by atomic mass is 9.92. The molecule has 0 saturated carbocycles. The van der Waals surface area contributed by atoms with E-state index in [9.17, 15) is 9.59 Å². The van der Waals surface area contributed by atoms with Gasteiger partial charge in [0.15, 0.2) is 11.6 Å². The fraction of sp³-hybridized carbons (Fsp3) is 0.167. The SMILES string of the molecule is CCO/N=C(/c1ccccc1)C1C(=O)c2ccccc2C1=O. The molecule has 0 heterocycles. The van der Waals surface area contributed by atoms with E-state index in [1.54, 1.807) is 31.2 Å². The first-order chi connectivity index (χ1) is 10.7. The van der Waals surface area contributed by atoms with Gasteiger partial charge in [0.1, 0.15) is 18.2 Å². The lowest BCUT2D eigenvalue weighted by molar-refractivity contribution is 0.0876. The molecule has 4 nitrogen and oxygen atoms in total. The molecule has 3 rings (SSSR count). The third-order valence-electron chi connectivity index (χ3n) is 3.62. The van der Waals surface area contributed by atoms with Crippen molar-refractivity contribution >= 4 is 17.3 Å². The van der Waals surface area contributed by atoms with Crippen LogP contribution in [0.2, 0.25) is 0 Å². The second kappa shape index (κ2) is 5.93. The Kier molecular flexibility index (Phi) is 3.83. The number of oxime groups is 1. The minimum Gasteiger partial charge on any atom is -0.396 e. The zero-order chi connectivity index (χ0) is 15.5. The van der Waals surface area contributed by atoms with Gasteiger partial charge in [0, 0.05) is 16.7 Å². The van der Waals surface area contributed by atoms with Gasteiger partial charge in [-0.15, -0.1) is 0 Å². The minimum absolute atomic E-state index is 0.220. The molecule has 0 atom stereocenters. The van der Waals surface area contributed by atoms with Crippen molar-refractivity contribution in [2.45, 2.75) is 6.92 Å². The van der Waals surface area contributed by atoms with Crippen LogP contribution in [0.4, 0.5) is 0 Å². The molecule has 0 aliphatic heterocycles. The van der Waals surface area contributed by atoms with Crippen LogP contribution in [0, 0.1) is 5.92 Å². The predicted molar refractivity (Wildman–Crippen MR) is 83.2 cm³/mol. The van der Waals surface area contributed by atoms with Crippen molar-refractivity contribution in [2.24, 2.45) is 11.1 Å². The molecule has 1 aliphatic carbocycles. The predicted octanol–water partition coefficient (Wildman–Crippen LogP) is 3.12. The van der Waals surface area contributed by atoms with Crippen LogP contribution >= 0.6 is 0 Å². The molecule has 0 N–H and O–H groups in total. The van der Waals surface area contributed by atoms with Gasteiger partial charge in [-0.1, -0.05) is 59.8 Å². The molecule has 0 fully saturated rings. The normalized spacial score (nSPS) is 15.0. The average Bonchev–Trinajstić information content (AvgIpc) is 2.82. The molecule has 0 amide bonds. The maximum Gasteiger partial charge on any atom is 0.180 e. The third-order valence-corrected chi connectivity index (χ3v) is 3.62. The van der Waals surface area contributed by atoms with Crippen LogP contribution in [-0.4, -0.2) is 23.9 Å². The van der Waals surface area contributed by atoms with Crippen LogP contribution in [0.15, 0.2) is 59.8 Å². The van der Waals surface area contributed by atoms with Crippen molar-refractivity contribution in [3.8, 4) is 0 Å². The van der Waals surface area contributed by atoms with Crippen molar-refractivity contribution in [1.82, 2.24) is 0 Å². The molecule has 0 unspecified atom stereocenters. The summed E-state index contributed by atoms with van der Waals surface area (Å²) < 4.78 is 0. The van der Waals surface area contributed by atoms with Crippen LogP contribution in [-0.2, 0) is 4.84 Å². The van der Waals surface area contributed by atoms with E-state index in [-0.39, 0.29) is 11.6 Å². The fourth-order valence-electron chi connectivity index (χ4n) is 2.61. The van der Waals surface area contributed by atoms with Crippen LogP contribution in [0.25, 0.3) is 0 Å². The van der Waals surface area contributed by atoms with E-state index in [0.717, 1.165) is 5.56 Å². The van der Waals surface area contributed by atoms with E-state index in [2.05, 4.69) is 5.16 Å². The Hall–Kier alpha value is -2.75. The maximum absolute atomic E-state index is 12.6. The minimum atomic E-state index is -0.925. The lowest BCUT2D eigenvalue weighted by Crippen LogP contribution is -2.27. The largest absolute Gasteiger partial charge is 0.396 e. The smallest absolute Gasteiger partial charge is 0.180 e. The van der Waals surface area contributed by atoms with Crippen molar-refractivity contribution in [3.63, 3.8) is 0 Å². The highest BCUT2D eigenvalue weighted by atomic mass is 16.6. The summed E-state index contributed by atoms with van der Waals surface area (Å²) in [5, 5.41) is 4.05. The van der Waals surface area contributed by atoms with E-state index in [4.69, 9.17) is 4.84 Å². The summed E-state index contributed by atoms with van der Waals surface area (Å²) in [6, 6.07) is 16.1. The number of carbonyl (C=O) groups is 2. The number of fused-ring (bicyclic) bond motifs is 1. The Labute approximate surface area is 128 Å². The highest BCUT2D eigenvalue weighted by molar-refractivity contribution is 6.38. The van der Waals surface area contributed by atoms with Crippen molar-refractivity contribution in [3.05, 3.63) is 71.3 Å². The highest BCUT2D eigenvalue weighted by Gasteiger charge is 2.42. The van der Waals surface area contributed by atoms with Crippen molar-refractivity contribution in [2.75, 3.05) is 6.61 Å². The number of Topliss-reactive ketones (excluding diaryl/α,β-unsaturated/α-hetero) is 2. The fourth-order valence-corrected chi connectivity index (χ4v) is 2.61. The summed E-state index contributed by atoms with van der Waals surface area (Å²) in [4.78, 5) is 30.4. The molecule has 0 radical (unpaired) electrons. The molecule has 110 valence electrons. The van der Waals surface area contributed by atoms with Gasteiger partial charge in [-0.25, -0.2) is 0 Å². The standard InChI is InChI=1S/C18H15NO3/c1-2-22-19-16(12-8-4-3-5-9-12)15-17(20)13-10-6-7-11-14(13)18(15)21/h3-11,15H,2H2,1H3/b19-16-. The van der Waals surface area contributed by atoms with E-state index in [1.807, 2.05) is 30.3 Å². The molecule has 0 saturated heterocycles. The summed E-state index contributed by atoms with van der Waals surface area (Å²) in [6.45, 7) is 2.18. The Bertz CT molecular complexity index is 715. The monoisotopic (exact) mass is 293 g/mol. The second-order valence-electron chi connectivity index (χ2n) is 4.97. The van der Waals surface area contributed by atoms with E-state index in [1.165, 1.54) is 0 Å². The molecule has 2 aromatic rings. The molecule has 1 aliphatic rings. The van der Waals surface area contributed by atoms with Gasteiger partial charge in [-0.05, 0) is 6.92 Å². The first-order valence-electron chi connectivity index (χ1n) is 7.16. The Morgan fingerprint density at radius 3 is 2.05 bits per heavy atom. The quantitative estimate of drug-likeness (QED) is 0.494. The van der Waals surface area contributed by atoms with Crippen LogP contribution in [0.3, 0.4) is 0 Å². The number of ketones is 2. The summed E-state index contributed by atoms with van der Waals surface area (Å²) in [7, 11) is 0. The Morgan fingerprint density at radius 1 is 0.955 bits per heavy atom. The van der Waals surface area contributed by atoms with E-state index in [0.29, 0.717) is 23.4 Å². The van der Waals surface area contributed by atoms with Gasteiger partial charge in [0.05, 0.1) is 0 Å². The number of benzene rings is 2. The molecular weight excluding hydrogens is 278 g/mol. The Balaban J connectivity index is 2.07. The molecule has 0 bridgehead atoms. The number of hydrogen-bond acceptors (Lipinski definition) is 4. The summed E-state index contributed by atoms with van der Waals surface area (Å²) in [5.41, 5.74) is 2.00. The average molecular weight is 293 g/mol. The molecule has 4 heteroatoms. The molecular formula is C18H15NO3. The second-order valence-corrected chi connectivity index (χ2v) is 4.97. The molecule has 2 aromatic carbocycles. The molecule has 0 spiro atoms. The topological polar surface area (TPSA) is 55.7 Å². The van der Waals surface area contributed by atoms with Gasteiger partial charge < -0.3 is 4.84 Å². The first kappa shape index (κ1) is 14.2. The van der Waals surface area contributed by atoms with E-state index < -0.39 is 5.92 Å². The lowest BCUT2D eigenvalue weighted by Gasteiger charge is -2.11. The molecule has 0 aromatic heterocycles. The zero-order valence-corrected chi connectivity index (χ0v) is 12.2. The van der Waals surface area contributed by atoms with Crippen LogP contribution in [0.1, 0.15) is 33.2 Å². The van der Waals surface area contributed by atoms with E-state index >= 15 is 0 Å². The van der Waals surface area contributed by atoms with Crippen molar-refractivity contribution < 1.29 is 14.4 Å². The number of rotatable bonds is 4. The zero-order valence-electron chi connectivity index (χ0n) is 12.2. The summed E-state index contributed by atoms with van der Waals surface area (Å²) in [6.07, 6.45) is 0. The number of carbonyl (C=O) groups excluding carboxylic acids is 2. The van der Waals surface area contributed by atoms with Gasteiger partial charge in [-0.2, -0.15) is 0 Å².